The van der Waals surface area contributed by atoms with Gasteiger partial charge in [-0.15, -0.1) is 0 Å². The molecule has 1 aliphatic heterocycles. The van der Waals surface area contributed by atoms with Gasteiger partial charge in [-0.3, -0.25) is 14.4 Å². The summed E-state index contributed by atoms with van der Waals surface area (Å²) >= 11 is 0. The Bertz CT molecular complexity index is 565. The number of ketones is 2. The van der Waals surface area contributed by atoms with Gasteiger partial charge in [-0.1, -0.05) is 0 Å². The number of Topliss-reactive ketones (excluding diaryl/α,β-unsaturated/α-hetero) is 2. The molecule has 20 heavy (non-hydrogen) atoms. The van der Waals surface area contributed by atoms with Gasteiger partial charge in [-0.25, -0.2) is 0 Å². The highest BCUT2D eigenvalue weighted by Crippen LogP contribution is 2.32. The molecular formula is C15H17NO4. The molecule has 0 aliphatic carbocycles. The molecule has 0 radical (unpaired) electrons. The lowest BCUT2D eigenvalue weighted by Crippen LogP contribution is -2.32. The van der Waals surface area contributed by atoms with Gasteiger partial charge in [0.15, 0.2) is 5.78 Å². The minimum absolute atomic E-state index is 0.0206. The van der Waals surface area contributed by atoms with Crippen LogP contribution >= 0.6 is 0 Å². The van der Waals surface area contributed by atoms with Crippen LogP contribution in [0.3, 0.4) is 0 Å². The van der Waals surface area contributed by atoms with Crippen molar-refractivity contribution in [2.75, 3.05) is 18.1 Å². The molecule has 0 bridgehead atoms. The SMILES string of the molecule is CC(=O)CCN1C(=O)CCOc2ccc(C(C)=O)cc21. The van der Waals surface area contributed by atoms with Crippen LogP contribution in [-0.2, 0) is 9.59 Å². The first kappa shape index (κ1) is 14.2. The lowest BCUT2D eigenvalue weighted by atomic mass is 10.1. The van der Waals surface area contributed by atoms with Crippen LogP contribution in [-0.4, -0.2) is 30.6 Å². The van der Waals surface area contributed by atoms with Crippen LogP contribution in [0.15, 0.2) is 18.2 Å². The summed E-state index contributed by atoms with van der Waals surface area (Å²) in [6.07, 6.45) is 0.553. The van der Waals surface area contributed by atoms with Crippen LogP contribution in [0.4, 0.5) is 5.69 Å². The number of anilines is 1. The van der Waals surface area contributed by atoms with Gasteiger partial charge in [0.05, 0.1) is 18.7 Å². The lowest BCUT2D eigenvalue weighted by Gasteiger charge is -2.21. The van der Waals surface area contributed by atoms with E-state index >= 15 is 0 Å². The molecule has 106 valence electrons. The lowest BCUT2D eigenvalue weighted by molar-refractivity contribution is -0.119. The maximum atomic E-state index is 12.1. The van der Waals surface area contributed by atoms with E-state index in [0.29, 0.717) is 30.2 Å². The summed E-state index contributed by atoms with van der Waals surface area (Å²) in [7, 11) is 0. The Kier molecular flexibility index (Phi) is 4.17. The van der Waals surface area contributed by atoms with Crippen molar-refractivity contribution >= 4 is 23.2 Å². The quantitative estimate of drug-likeness (QED) is 0.788. The molecule has 0 aromatic heterocycles. The van der Waals surface area contributed by atoms with E-state index in [1.807, 2.05) is 0 Å². The van der Waals surface area contributed by atoms with Crippen LogP contribution in [0.25, 0.3) is 0 Å². The highest BCUT2D eigenvalue weighted by atomic mass is 16.5. The molecule has 1 amide bonds. The highest BCUT2D eigenvalue weighted by Gasteiger charge is 2.24. The maximum absolute atomic E-state index is 12.1. The molecule has 0 unspecified atom stereocenters. The van der Waals surface area contributed by atoms with E-state index in [2.05, 4.69) is 0 Å². The summed E-state index contributed by atoms with van der Waals surface area (Å²) in [6, 6.07) is 5.03. The topological polar surface area (TPSA) is 63.7 Å². The standard InChI is InChI=1S/C15H17NO4/c1-10(17)5-7-16-13-9-12(11(2)18)3-4-14(13)20-8-6-15(16)19/h3-4,9H,5-8H2,1-2H3. The number of nitrogens with zero attached hydrogens (tertiary/aromatic N) is 1. The second-order valence-electron chi connectivity index (χ2n) is 4.83. The first-order valence-electron chi connectivity index (χ1n) is 6.56. The molecule has 5 heteroatoms. The second kappa shape index (κ2) is 5.86. The number of amides is 1. The fourth-order valence-corrected chi connectivity index (χ4v) is 2.10. The summed E-state index contributed by atoms with van der Waals surface area (Å²) in [5.74, 6) is 0.429. The summed E-state index contributed by atoms with van der Waals surface area (Å²) in [4.78, 5) is 36.3. The predicted molar refractivity (Wildman–Crippen MR) is 74.2 cm³/mol. The average Bonchev–Trinajstić information content (AvgIpc) is 2.54. The predicted octanol–water partition coefficient (Wildman–Crippen LogP) is 1.98. The molecule has 0 fully saturated rings. The van der Waals surface area contributed by atoms with Gasteiger partial charge in [-0.05, 0) is 32.0 Å². The number of carbonyl (C=O) groups excluding carboxylic acids is 3. The molecule has 0 saturated heterocycles. The third kappa shape index (κ3) is 3.04. The van der Waals surface area contributed by atoms with Crippen molar-refractivity contribution in [2.24, 2.45) is 0 Å². The number of benzene rings is 1. The number of fused-ring (bicyclic) bond motifs is 1. The van der Waals surface area contributed by atoms with Crippen LogP contribution in [0.5, 0.6) is 5.75 Å². The molecule has 0 atom stereocenters. The minimum Gasteiger partial charge on any atom is -0.491 e. The van der Waals surface area contributed by atoms with Crippen LogP contribution in [0.2, 0.25) is 0 Å². The zero-order chi connectivity index (χ0) is 14.7. The number of hydrogen-bond acceptors (Lipinski definition) is 4. The number of rotatable bonds is 4. The molecule has 0 N–H and O–H groups in total. The van der Waals surface area contributed by atoms with Gasteiger partial charge >= 0.3 is 0 Å². The van der Waals surface area contributed by atoms with Crippen molar-refractivity contribution in [3.8, 4) is 5.75 Å². The zero-order valence-electron chi connectivity index (χ0n) is 11.6. The molecule has 1 aromatic carbocycles. The van der Waals surface area contributed by atoms with E-state index in [9.17, 15) is 14.4 Å². The molecule has 0 spiro atoms. The molecule has 0 saturated carbocycles. The summed E-state index contributed by atoms with van der Waals surface area (Å²) < 4.78 is 5.53. The van der Waals surface area contributed by atoms with Gasteiger partial charge in [0.2, 0.25) is 5.91 Å². The van der Waals surface area contributed by atoms with Gasteiger partial charge in [0, 0.05) is 18.5 Å². The first-order chi connectivity index (χ1) is 9.49. The third-order valence-electron chi connectivity index (χ3n) is 3.22. The number of ether oxygens (including phenoxy) is 1. The van der Waals surface area contributed by atoms with Crippen molar-refractivity contribution < 1.29 is 19.1 Å². The Balaban J connectivity index is 2.40. The maximum Gasteiger partial charge on any atom is 0.230 e. The van der Waals surface area contributed by atoms with Crippen molar-refractivity contribution in [1.82, 2.24) is 0 Å². The molecule has 1 aliphatic rings. The third-order valence-corrected chi connectivity index (χ3v) is 3.22. The van der Waals surface area contributed by atoms with Crippen molar-refractivity contribution in [3.63, 3.8) is 0 Å². The molecule has 5 nitrogen and oxygen atoms in total. The summed E-state index contributed by atoms with van der Waals surface area (Å²) in [5, 5.41) is 0. The van der Waals surface area contributed by atoms with E-state index in [-0.39, 0.29) is 30.3 Å². The van der Waals surface area contributed by atoms with E-state index < -0.39 is 0 Å². The second-order valence-corrected chi connectivity index (χ2v) is 4.83. The largest absolute Gasteiger partial charge is 0.491 e. The van der Waals surface area contributed by atoms with E-state index in [1.165, 1.54) is 18.7 Å². The summed E-state index contributed by atoms with van der Waals surface area (Å²) in [5.41, 5.74) is 1.09. The van der Waals surface area contributed by atoms with Gasteiger partial charge in [0.1, 0.15) is 11.5 Å². The minimum atomic E-state index is -0.0919. The van der Waals surface area contributed by atoms with Crippen molar-refractivity contribution in [3.05, 3.63) is 23.8 Å². The van der Waals surface area contributed by atoms with Gasteiger partial charge in [-0.2, -0.15) is 0 Å². The van der Waals surface area contributed by atoms with Crippen LogP contribution in [0.1, 0.15) is 37.0 Å². The van der Waals surface area contributed by atoms with E-state index in [0.717, 1.165) is 0 Å². The number of hydrogen-bond donors (Lipinski definition) is 0. The highest BCUT2D eigenvalue weighted by molar-refractivity contribution is 6.00. The monoisotopic (exact) mass is 275 g/mol. The van der Waals surface area contributed by atoms with Gasteiger partial charge < -0.3 is 9.64 Å². The normalized spacial score (nSPS) is 14.3. The fourth-order valence-electron chi connectivity index (χ4n) is 2.10. The Hall–Kier alpha value is -2.17. The van der Waals surface area contributed by atoms with Crippen molar-refractivity contribution in [1.29, 1.82) is 0 Å². The Morgan fingerprint density at radius 1 is 1.30 bits per heavy atom. The zero-order valence-corrected chi connectivity index (χ0v) is 11.6. The number of carbonyl (C=O) groups is 3. The van der Waals surface area contributed by atoms with E-state index in [4.69, 9.17) is 4.74 Å². The van der Waals surface area contributed by atoms with Crippen LogP contribution < -0.4 is 9.64 Å². The molecule has 1 aromatic rings. The molecule has 2 rings (SSSR count). The molecular weight excluding hydrogens is 258 g/mol. The van der Waals surface area contributed by atoms with E-state index in [1.54, 1.807) is 18.2 Å². The molecule has 1 heterocycles. The average molecular weight is 275 g/mol. The van der Waals surface area contributed by atoms with Gasteiger partial charge in [0.25, 0.3) is 0 Å². The van der Waals surface area contributed by atoms with Crippen molar-refractivity contribution in [2.45, 2.75) is 26.7 Å². The Morgan fingerprint density at radius 3 is 2.70 bits per heavy atom. The fraction of sp³-hybridized carbons (Fsp3) is 0.400. The Morgan fingerprint density at radius 2 is 2.05 bits per heavy atom. The van der Waals surface area contributed by atoms with Crippen LogP contribution in [0, 0.1) is 0 Å². The smallest absolute Gasteiger partial charge is 0.230 e. The Labute approximate surface area is 117 Å². The summed E-state index contributed by atoms with van der Waals surface area (Å²) in [6.45, 7) is 3.58. The first-order valence-corrected chi connectivity index (χ1v) is 6.56.